The Balaban J connectivity index is 1.35. The van der Waals surface area contributed by atoms with Crippen LogP contribution < -0.4 is 10.1 Å². The maximum absolute atomic E-state index is 13.6. The van der Waals surface area contributed by atoms with Gasteiger partial charge in [0.15, 0.2) is 0 Å². The Morgan fingerprint density at radius 2 is 1.55 bits per heavy atom. The standard InChI is InChI=1S/C32H33F2N3O5/c1-22-20-23(4-2-3-13-35-32(40)41)21-28(31(38)39)30(22)42-19-18-36-14-16-37(17-15-36)29(24-5-9-26(33)10-6-24)25-7-11-27(34)12-8-25/h5-12,20-21,29,35H,3,13-19H2,1H3,(H,38,39)(H,40,41). The van der Waals surface area contributed by atoms with Crippen molar-refractivity contribution in [2.45, 2.75) is 19.4 Å². The lowest BCUT2D eigenvalue weighted by Crippen LogP contribution is -2.48. The number of carboxylic acids is 1. The normalized spacial score (nSPS) is 13.8. The third-order valence-electron chi connectivity index (χ3n) is 7.06. The van der Waals surface area contributed by atoms with E-state index in [1.807, 2.05) is 0 Å². The first-order valence-corrected chi connectivity index (χ1v) is 13.6. The van der Waals surface area contributed by atoms with Gasteiger partial charge in [-0.15, -0.1) is 0 Å². The highest BCUT2D eigenvalue weighted by atomic mass is 19.1. The second-order valence-corrected chi connectivity index (χ2v) is 9.99. The lowest BCUT2D eigenvalue weighted by atomic mass is 9.96. The van der Waals surface area contributed by atoms with Gasteiger partial charge in [0.05, 0.1) is 6.04 Å². The van der Waals surface area contributed by atoms with Gasteiger partial charge in [0, 0.05) is 51.3 Å². The number of hydrogen-bond donors (Lipinski definition) is 3. The van der Waals surface area contributed by atoms with Gasteiger partial charge < -0.3 is 20.3 Å². The Morgan fingerprint density at radius 1 is 0.952 bits per heavy atom. The molecule has 1 aliphatic rings. The second-order valence-electron chi connectivity index (χ2n) is 9.99. The third-order valence-corrected chi connectivity index (χ3v) is 7.06. The summed E-state index contributed by atoms with van der Waals surface area (Å²) < 4.78 is 33.2. The van der Waals surface area contributed by atoms with Crippen molar-refractivity contribution in [1.82, 2.24) is 15.1 Å². The van der Waals surface area contributed by atoms with E-state index in [1.165, 1.54) is 30.3 Å². The minimum Gasteiger partial charge on any atom is -0.491 e. The van der Waals surface area contributed by atoms with Crippen LogP contribution in [0.25, 0.3) is 0 Å². The van der Waals surface area contributed by atoms with Crippen LogP contribution in [0.4, 0.5) is 13.6 Å². The van der Waals surface area contributed by atoms with Crippen molar-refractivity contribution in [3.8, 4) is 17.6 Å². The molecule has 1 saturated heterocycles. The van der Waals surface area contributed by atoms with Crippen LogP contribution >= 0.6 is 0 Å². The van der Waals surface area contributed by atoms with Crippen molar-refractivity contribution in [3.05, 3.63) is 100 Å². The topological polar surface area (TPSA) is 102 Å². The maximum Gasteiger partial charge on any atom is 0.404 e. The number of aromatic carboxylic acids is 1. The maximum atomic E-state index is 13.6. The summed E-state index contributed by atoms with van der Waals surface area (Å²) in [6, 6.07) is 15.9. The number of carboxylic acid groups (broad SMARTS) is 2. The lowest BCUT2D eigenvalue weighted by Gasteiger charge is -2.39. The van der Waals surface area contributed by atoms with Crippen LogP contribution in [0.5, 0.6) is 5.75 Å². The van der Waals surface area contributed by atoms with Gasteiger partial charge in [-0.25, -0.2) is 18.4 Å². The largest absolute Gasteiger partial charge is 0.491 e. The van der Waals surface area contributed by atoms with Gasteiger partial charge in [0.25, 0.3) is 0 Å². The number of hydrogen-bond acceptors (Lipinski definition) is 5. The number of benzene rings is 3. The molecule has 1 aliphatic heterocycles. The van der Waals surface area contributed by atoms with E-state index in [2.05, 4.69) is 27.0 Å². The molecule has 0 radical (unpaired) electrons. The van der Waals surface area contributed by atoms with Gasteiger partial charge in [0.1, 0.15) is 29.6 Å². The van der Waals surface area contributed by atoms with E-state index in [4.69, 9.17) is 9.84 Å². The molecule has 0 atom stereocenters. The first-order chi connectivity index (χ1) is 20.2. The van der Waals surface area contributed by atoms with Crippen LogP contribution in [0.3, 0.4) is 0 Å². The predicted octanol–water partition coefficient (Wildman–Crippen LogP) is 4.77. The summed E-state index contributed by atoms with van der Waals surface area (Å²) in [5.74, 6) is 4.28. The first kappa shape index (κ1) is 30.5. The van der Waals surface area contributed by atoms with Crippen molar-refractivity contribution in [2.24, 2.45) is 0 Å². The molecule has 42 heavy (non-hydrogen) atoms. The van der Waals surface area contributed by atoms with Crippen molar-refractivity contribution < 1.29 is 33.3 Å². The van der Waals surface area contributed by atoms with Gasteiger partial charge in [-0.3, -0.25) is 9.80 Å². The summed E-state index contributed by atoms with van der Waals surface area (Å²) in [6.07, 6.45) is -0.822. The van der Waals surface area contributed by atoms with Crippen molar-refractivity contribution in [1.29, 1.82) is 0 Å². The average Bonchev–Trinajstić information content (AvgIpc) is 2.96. The van der Waals surface area contributed by atoms with Crippen molar-refractivity contribution in [2.75, 3.05) is 45.9 Å². The molecule has 0 saturated carbocycles. The molecule has 3 aromatic carbocycles. The highest BCUT2D eigenvalue weighted by Gasteiger charge is 2.27. The number of amides is 1. The van der Waals surface area contributed by atoms with Gasteiger partial charge in [-0.05, 0) is 60.0 Å². The smallest absolute Gasteiger partial charge is 0.404 e. The zero-order valence-corrected chi connectivity index (χ0v) is 23.3. The van der Waals surface area contributed by atoms with Crippen LogP contribution in [0.2, 0.25) is 0 Å². The fourth-order valence-corrected chi connectivity index (χ4v) is 5.02. The molecular weight excluding hydrogens is 544 g/mol. The highest BCUT2D eigenvalue weighted by Crippen LogP contribution is 2.30. The average molecular weight is 578 g/mol. The lowest BCUT2D eigenvalue weighted by molar-refractivity contribution is 0.0689. The van der Waals surface area contributed by atoms with E-state index in [0.717, 1.165) is 37.3 Å². The number of aryl methyl sites for hydroxylation is 1. The molecule has 3 N–H and O–H groups in total. The molecular formula is C32H33F2N3O5. The molecule has 8 nitrogen and oxygen atoms in total. The van der Waals surface area contributed by atoms with Gasteiger partial charge in [-0.2, -0.15) is 0 Å². The molecule has 10 heteroatoms. The van der Waals surface area contributed by atoms with Crippen LogP contribution in [0.1, 0.15) is 45.1 Å². The van der Waals surface area contributed by atoms with Crippen LogP contribution in [-0.4, -0.2) is 78.0 Å². The molecule has 1 amide bonds. The highest BCUT2D eigenvalue weighted by molar-refractivity contribution is 5.92. The molecule has 220 valence electrons. The number of ether oxygens (including phenoxy) is 1. The molecule has 3 aromatic rings. The fraction of sp³-hybridized carbons (Fsp3) is 0.312. The monoisotopic (exact) mass is 577 g/mol. The van der Waals surface area contributed by atoms with Gasteiger partial charge in [0.2, 0.25) is 0 Å². The molecule has 4 rings (SSSR count). The van der Waals surface area contributed by atoms with E-state index in [1.54, 1.807) is 37.3 Å². The summed E-state index contributed by atoms with van der Waals surface area (Å²) in [4.78, 5) is 27.0. The number of rotatable bonds is 10. The Hall–Kier alpha value is -4.46. The minimum absolute atomic E-state index is 0.0224. The van der Waals surface area contributed by atoms with Crippen molar-refractivity contribution >= 4 is 12.1 Å². The zero-order valence-electron chi connectivity index (χ0n) is 23.3. The summed E-state index contributed by atoms with van der Waals surface area (Å²) in [5, 5.41) is 20.6. The first-order valence-electron chi connectivity index (χ1n) is 13.6. The zero-order chi connectivity index (χ0) is 30.1. The SMILES string of the molecule is Cc1cc(C#CCCNC(=O)O)cc(C(=O)O)c1OCCN1CCN(C(c2ccc(F)cc2)c2ccc(F)cc2)CC1. The number of nitrogens with one attached hydrogen (secondary N) is 1. The van der Waals surface area contributed by atoms with E-state index < -0.39 is 12.1 Å². The number of halogens is 2. The van der Waals surface area contributed by atoms with E-state index >= 15 is 0 Å². The molecule has 1 heterocycles. The Labute approximate surface area is 243 Å². The summed E-state index contributed by atoms with van der Waals surface area (Å²) in [7, 11) is 0. The number of piperazine rings is 1. The van der Waals surface area contributed by atoms with Gasteiger partial charge in [-0.1, -0.05) is 36.1 Å². The Kier molecular flexibility index (Phi) is 10.5. The number of nitrogens with zero attached hydrogens (tertiary/aromatic N) is 2. The molecule has 0 aromatic heterocycles. The third kappa shape index (κ3) is 8.28. The molecule has 0 aliphatic carbocycles. The number of carbonyl (C=O) groups is 2. The van der Waals surface area contributed by atoms with E-state index in [9.17, 15) is 23.5 Å². The molecule has 0 unspecified atom stereocenters. The van der Waals surface area contributed by atoms with Crippen molar-refractivity contribution in [3.63, 3.8) is 0 Å². The quantitative estimate of drug-likeness (QED) is 0.236. The van der Waals surface area contributed by atoms with E-state index in [0.29, 0.717) is 36.4 Å². The summed E-state index contributed by atoms with van der Waals surface area (Å²) in [5.41, 5.74) is 3.05. The fourth-order valence-electron chi connectivity index (χ4n) is 5.02. The summed E-state index contributed by atoms with van der Waals surface area (Å²) in [6.45, 7) is 5.80. The summed E-state index contributed by atoms with van der Waals surface area (Å²) >= 11 is 0. The molecule has 1 fully saturated rings. The Bertz CT molecular complexity index is 1400. The predicted molar refractivity (Wildman–Crippen MR) is 154 cm³/mol. The van der Waals surface area contributed by atoms with Gasteiger partial charge >= 0.3 is 12.1 Å². The Morgan fingerprint density at radius 3 is 2.10 bits per heavy atom. The molecule has 0 spiro atoms. The van der Waals surface area contributed by atoms with Crippen LogP contribution in [0.15, 0.2) is 60.7 Å². The van der Waals surface area contributed by atoms with Crippen LogP contribution in [-0.2, 0) is 0 Å². The molecule has 0 bridgehead atoms. The van der Waals surface area contributed by atoms with E-state index in [-0.39, 0.29) is 29.8 Å². The minimum atomic E-state index is -1.12. The van der Waals surface area contributed by atoms with Crippen LogP contribution in [0, 0.1) is 30.4 Å². The second kappa shape index (κ2) is 14.4.